The molecule has 0 radical (unpaired) electrons. The second-order valence-electron chi connectivity index (χ2n) is 6.22. The van der Waals surface area contributed by atoms with Crippen LogP contribution in [0.4, 0.5) is 5.69 Å². The molecule has 0 aliphatic carbocycles. The SMILES string of the molecule is COc1cccc(CC(=O)Nc2c(-c3ccc4c(c3)OCO4)n[nH]c2C)c1. The van der Waals surface area contributed by atoms with Crippen molar-refractivity contribution in [2.45, 2.75) is 13.3 Å². The fourth-order valence-corrected chi connectivity index (χ4v) is 2.99. The monoisotopic (exact) mass is 365 g/mol. The zero-order valence-corrected chi connectivity index (χ0v) is 15.0. The molecular formula is C20H19N3O4. The first-order chi connectivity index (χ1) is 13.1. The van der Waals surface area contributed by atoms with E-state index in [4.69, 9.17) is 14.2 Å². The highest BCUT2D eigenvalue weighted by Crippen LogP contribution is 2.38. The molecule has 3 aromatic rings. The van der Waals surface area contributed by atoms with E-state index in [2.05, 4.69) is 15.5 Å². The number of carbonyl (C=O) groups is 1. The minimum Gasteiger partial charge on any atom is -0.497 e. The molecule has 27 heavy (non-hydrogen) atoms. The molecule has 4 rings (SSSR count). The first-order valence-corrected chi connectivity index (χ1v) is 8.52. The Balaban J connectivity index is 1.56. The van der Waals surface area contributed by atoms with E-state index in [1.165, 1.54) is 0 Å². The van der Waals surface area contributed by atoms with E-state index < -0.39 is 0 Å². The largest absolute Gasteiger partial charge is 0.497 e. The van der Waals surface area contributed by atoms with Crippen LogP contribution in [0.25, 0.3) is 11.3 Å². The number of methoxy groups -OCH3 is 1. The van der Waals surface area contributed by atoms with Gasteiger partial charge in [-0.25, -0.2) is 0 Å². The average molecular weight is 365 g/mol. The van der Waals surface area contributed by atoms with Gasteiger partial charge in [0.25, 0.3) is 0 Å². The van der Waals surface area contributed by atoms with Crippen molar-refractivity contribution in [3.63, 3.8) is 0 Å². The van der Waals surface area contributed by atoms with Crippen LogP contribution in [0.3, 0.4) is 0 Å². The summed E-state index contributed by atoms with van der Waals surface area (Å²) < 4.78 is 16.0. The number of aromatic amines is 1. The molecule has 0 fully saturated rings. The van der Waals surface area contributed by atoms with Crippen LogP contribution in [0.5, 0.6) is 17.2 Å². The molecule has 0 saturated carbocycles. The lowest BCUT2D eigenvalue weighted by Gasteiger charge is -2.08. The maximum absolute atomic E-state index is 12.6. The number of anilines is 1. The lowest BCUT2D eigenvalue weighted by molar-refractivity contribution is -0.115. The van der Waals surface area contributed by atoms with Crippen molar-refractivity contribution in [1.82, 2.24) is 10.2 Å². The van der Waals surface area contributed by atoms with Gasteiger partial charge in [0.15, 0.2) is 11.5 Å². The number of amides is 1. The van der Waals surface area contributed by atoms with Gasteiger partial charge >= 0.3 is 0 Å². The summed E-state index contributed by atoms with van der Waals surface area (Å²) in [5.41, 5.74) is 3.80. The first-order valence-electron chi connectivity index (χ1n) is 8.52. The van der Waals surface area contributed by atoms with Crippen LogP contribution in [0.2, 0.25) is 0 Å². The molecule has 1 aliphatic rings. The van der Waals surface area contributed by atoms with Gasteiger partial charge in [-0.2, -0.15) is 5.10 Å². The summed E-state index contributed by atoms with van der Waals surface area (Å²) in [5, 5.41) is 10.2. The Labute approximate surface area is 156 Å². The average Bonchev–Trinajstić information content (AvgIpc) is 3.28. The van der Waals surface area contributed by atoms with Crippen LogP contribution in [-0.2, 0) is 11.2 Å². The van der Waals surface area contributed by atoms with Crippen LogP contribution in [0.15, 0.2) is 42.5 Å². The lowest BCUT2D eigenvalue weighted by atomic mass is 10.1. The fraction of sp³-hybridized carbons (Fsp3) is 0.200. The molecule has 7 nitrogen and oxygen atoms in total. The highest BCUT2D eigenvalue weighted by molar-refractivity contribution is 5.96. The van der Waals surface area contributed by atoms with Gasteiger partial charge in [-0.1, -0.05) is 12.1 Å². The van der Waals surface area contributed by atoms with Crippen molar-refractivity contribution in [2.75, 3.05) is 19.2 Å². The molecule has 7 heteroatoms. The van der Waals surface area contributed by atoms with Crippen molar-refractivity contribution in [2.24, 2.45) is 0 Å². The lowest BCUT2D eigenvalue weighted by Crippen LogP contribution is -2.15. The number of carbonyl (C=O) groups excluding carboxylic acids is 1. The Hall–Kier alpha value is -3.48. The fourth-order valence-electron chi connectivity index (χ4n) is 2.99. The normalized spacial score (nSPS) is 12.1. The van der Waals surface area contributed by atoms with Crippen molar-refractivity contribution < 1.29 is 19.0 Å². The molecule has 0 spiro atoms. The van der Waals surface area contributed by atoms with E-state index in [-0.39, 0.29) is 19.1 Å². The predicted octanol–water partition coefficient (Wildman–Crippen LogP) is 3.30. The van der Waals surface area contributed by atoms with E-state index in [1.54, 1.807) is 7.11 Å². The molecule has 0 unspecified atom stereocenters. The highest BCUT2D eigenvalue weighted by Gasteiger charge is 2.19. The van der Waals surface area contributed by atoms with E-state index in [0.29, 0.717) is 22.9 Å². The maximum Gasteiger partial charge on any atom is 0.231 e. The van der Waals surface area contributed by atoms with Gasteiger partial charge in [-0.15, -0.1) is 0 Å². The number of ether oxygens (including phenoxy) is 3. The minimum atomic E-state index is -0.130. The van der Waals surface area contributed by atoms with Crippen molar-refractivity contribution in [3.8, 4) is 28.5 Å². The molecule has 2 N–H and O–H groups in total. The quantitative estimate of drug-likeness (QED) is 0.725. The topological polar surface area (TPSA) is 85.5 Å². The standard InChI is InChI=1S/C20H19N3O4/c1-12-19(21-18(24)9-13-4-3-5-15(8-13)25-2)20(23-22-12)14-6-7-16-17(10-14)27-11-26-16/h3-8,10H,9,11H2,1-2H3,(H,21,24)(H,22,23). The molecule has 0 saturated heterocycles. The number of nitrogens with zero attached hydrogens (tertiary/aromatic N) is 1. The Morgan fingerprint density at radius 2 is 2.07 bits per heavy atom. The summed E-state index contributed by atoms with van der Waals surface area (Å²) in [7, 11) is 1.60. The molecular weight excluding hydrogens is 346 g/mol. The summed E-state index contributed by atoms with van der Waals surface area (Å²) in [6.07, 6.45) is 0.238. The number of nitrogens with one attached hydrogen (secondary N) is 2. The number of aromatic nitrogens is 2. The van der Waals surface area contributed by atoms with Gasteiger partial charge in [0.1, 0.15) is 11.4 Å². The molecule has 2 aromatic carbocycles. The second kappa shape index (κ2) is 7.03. The van der Waals surface area contributed by atoms with E-state index in [0.717, 1.165) is 22.6 Å². The smallest absolute Gasteiger partial charge is 0.231 e. The van der Waals surface area contributed by atoms with Crippen molar-refractivity contribution in [3.05, 3.63) is 53.7 Å². The third-order valence-electron chi connectivity index (χ3n) is 4.36. The predicted molar refractivity (Wildman–Crippen MR) is 100 cm³/mol. The van der Waals surface area contributed by atoms with E-state index in [1.807, 2.05) is 49.4 Å². The van der Waals surface area contributed by atoms with Crippen molar-refractivity contribution in [1.29, 1.82) is 0 Å². The summed E-state index contributed by atoms with van der Waals surface area (Å²) in [4.78, 5) is 12.6. The van der Waals surface area contributed by atoms with Gasteiger partial charge in [-0.05, 0) is 42.8 Å². The number of benzene rings is 2. The van der Waals surface area contributed by atoms with Gasteiger partial charge in [-0.3, -0.25) is 9.89 Å². The number of hydrogen-bond donors (Lipinski definition) is 2. The molecule has 1 aromatic heterocycles. The minimum absolute atomic E-state index is 0.130. The summed E-state index contributed by atoms with van der Waals surface area (Å²) in [6.45, 7) is 2.08. The number of aryl methyl sites for hydroxylation is 1. The second-order valence-corrected chi connectivity index (χ2v) is 6.22. The number of H-pyrrole nitrogens is 1. The summed E-state index contributed by atoms with van der Waals surface area (Å²) >= 11 is 0. The zero-order valence-electron chi connectivity index (χ0n) is 15.0. The van der Waals surface area contributed by atoms with Gasteiger partial charge in [0.2, 0.25) is 12.7 Å². The zero-order chi connectivity index (χ0) is 18.8. The number of rotatable bonds is 5. The van der Waals surface area contributed by atoms with Crippen LogP contribution >= 0.6 is 0 Å². The summed E-state index contributed by atoms with van der Waals surface area (Å²) in [6, 6.07) is 13.0. The first kappa shape index (κ1) is 17.0. The van der Waals surface area contributed by atoms with Crippen LogP contribution in [0, 0.1) is 6.92 Å². The molecule has 138 valence electrons. The van der Waals surface area contributed by atoms with Crippen molar-refractivity contribution >= 4 is 11.6 Å². The number of fused-ring (bicyclic) bond motifs is 1. The van der Waals surface area contributed by atoms with E-state index in [9.17, 15) is 4.79 Å². The highest BCUT2D eigenvalue weighted by atomic mass is 16.7. The Morgan fingerprint density at radius 3 is 2.93 bits per heavy atom. The summed E-state index contributed by atoms with van der Waals surface area (Å²) in [5.74, 6) is 1.96. The Kier molecular flexibility index (Phi) is 4.42. The number of hydrogen-bond acceptors (Lipinski definition) is 5. The third-order valence-corrected chi connectivity index (χ3v) is 4.36. The Morgan fingerprint density at radius 1 is 1.22 bits per heavy atom. The molecule has 1 amide bonds. The Bertz CT molecular complexity index is 997. The molecule has 1 aliphatic heterocycles. The molecule has 0 atom stereocenters. The van der Waals surface area contributed by atoms with Crippen LogP contribution in [-0.4, -0.2) is 30.0 Å². The van der Waals surface area contributed by atoms with Gasteiger partial charge in [0, 0.05) is 5.56 Å². The van der Waals surface area contributed by atoms with Gasteiger partial charge in [0.05, 0.1) is 24.9 Å². The molecule has 2 heterocycles. The molecule has 0 bridgehead atoms. The third kappa shape index (κ3) is 3.44. The van der Waals surface area contributed by atoms with Gasteiger partial charge < -0.3 is 19.5 Å². The van der Waals surface area contributed by atoms with E-state index >= 15 is 0 Å². The van der Waals surface area contributed by atoms with Crippen LogP contribution < -0.4 is 19.5 Å². The van der Waals surface area contributed by atoms with Crippen LogP contribution in [0.1, 0.15) is 11.3 Å². The maximum atomic E-state index is 12.6.